The van der Waals surface area contributed by atoms with Gasteiger partial charge in [0.1, 0.15) is 0 Å². The SMILES string of the molecule is CNC(CCCl)c1ccc2c(c1)CCCC2. The van der Waals surface area contributed by atoms with Crippen molar-refractivity contribution in [3.05, 3.63) is 34.9 Å². The average Bonchev–Trinajstić information content (AvgIpc) is 2.35. The second-order valence-electron chi connectivity index (χ2n) is 4.55. The third kappa shape index (κ3) is 2.58. The van der Waals surface area contributed by atoms with Gasteiger partial charge in [-0.1, -0.05) is 18.2 Å². The van der Waals surface area contributed by atoms with E-state index < -0.39 is 0 Å². The fourth-order valence-corrected chi connectivity index (χ4v) is 2.78. The van der Waals surface area contributed by atoms with Gasteiger partial charge in [0.25, 0.3) is 0 Å². The third-order valence-electron chi connectivity index (χ3n) is 3.52. The number of halogens is 1. The van der Waals surface area contributed by atoms with E-state index >= 15 is 0 Å². The first-order valence-corrected chi connectivity index (χ1v) is 6.73. The molecule has 16 heavy (non-hydrogen) atoms. The number of nitrogens with one attached hydrogen (secondary N) is 1. The van der Waals surface area contributed by atoms with Crippen LogP contribution in [0.1, 0.15) is 42.0 Å². The first-order valence-electron chi connectivity index (χ1n) is 6.20. The lowest BCUT2D eigenvalue weighted by Crippen LogP contribution is -2.17. The zero-order chi connectivity index (χ0) is 11.4. The van der Waals surface area contributed by atoms with Crippen LogP contribution in [0.2, 0.25) is 0 Å². The summed E-state index contributed by atoms with van der Waals surface area (Å²) < 4.78 is 0. The van der Waals surface area contributed by atoms with Gasteiger partial charge in [-0.25, -0.2) is 0 Å². The lowest BCUT2D eigenvalue weighted by Gasteiger charge is -2.20. The van der Waals surface area contributed by atoms with E-state index in [4.69, 9.17) is 11.6 Å². The monoisotopic (exact) mass is 237 g/mol. The first kappa shape index (κ1) is 11.9. The van der Waals surface area contributed by atoms with Crippen LogP contribution >= 0.6 is 11.6 Å². The van der Waals surface area contributed by atoms with Crippen LogP contribution in [0.25, 0.3) is 0 Å². The Morgan fingerprint density at radius 2 is 2.00 bits per heavy atom. The van der Waals surface area contributed by atoms with Gasteiger partial charge in [-0.2, -0.15) is 0 Å². The molecular weight excluding hydrogens is 218 g/mol. The third-order valence-corrected chi connectivity index (χ3v) is 3.74. The van der Waals surface area contributed by atoms with Crippen molar-refractivity contribution in [2.45, 2.75) is 38.1 Å². The molecule has 0 fully saturated rings. The van der Waals surface area contributed by atoms with Crippen molar-refractivity contribution < 1.29 is 0 Å². The highest BCUT2D eigenvalue weighted by Crippen LogP contribution is 2.26. The number of rotatable bonds is 4. The molecule has 1 aliphatic rings. The van der Waals surface area contributed by atoms with Crippen LogP contribution in [0.5, 0.6) is 0 Å². The Morgan fingerprint density at radius 1 is 1.25 bits per heavy atom. The van der Waals surface area contributed by atoms with E-state index in [9.17, 15) is 0 Å². The van der Waals surface area contributed by atoms with Gasteiger partial charge in [-0.15, -0.1) is 11.6 Å². The molecule has 0 heterocycles. The second-order valence-corrected chi connectivity index (χ2v) is 4.93. The molecule has 0 radical (unpaired) electrons. The highest BCUT2D eigenvalue weighted by atomic mass is 35.5. The van der Waals surface area contributed by atoms with Gasteiger partial charge in [-0.05, 0) is 55.8 Å². The largest absolute Gasteiger partial charge is 0.313 e. The summed E-state index contributed by atoms with van der Waals surface area (Å²) >= 11 is 5.83. The summed E-state index contributed by atoms with van der Waals surface area (Å²) in [5.41, 5.74) is 4.50. The van der Waals surface area contributed by atoms with Crippen LogP contribution < -0.4 is 5.32 Å². The zero-order valence-corrected chi connectivity index (χ0v) is 10.7. The Hall–Kier alpha value is -0.530. The van der Waals surface area contributed by atoms with Gasteiger partial charge in [0.15, 0.2) is 0 Å². The fourth-order valence-electron chi connectivity index (χ4n) is 2.56. The maximum Gasteiger partial charge on any atom is 0.0329 e. The number of hydrogen-bond acceptors (Lipinski definition) is 1. The average molecular weight is 238 g/mol. The maximum atomic E-state index is 5.83. The Bertz CT molecular complexity index is 349. The molecule has 0 aliphatic heterocycles. The number of aryl methyl sites for hydroxylation is 2. The van der Waals surface area contributed by atoms with E-state index in [1.54, 1.807) is 11.1 Å². The van der Waals surface area contributed by atoms with Crippen LogP contribution in [-0.4, -0.2) is 12.9 Å². The van der Waals surface area contributed by atoms with E-state index in [0.717, 1.165) is 6.42 Å². The number of benzene rings is 1. The summed E-state index contributed by atoms with van der Waals surface area (Å²) in [7, 11) is 2.01. The number of alkyl halides is 1. The quantitative estimate of drug-likeness (QED) is 0.791. The molecule has 1 aromatic rings. The second kappa shape index (κ2) is 5.70. The van der Waals surface area contributed by atoms with Gasteiger partial charge < -0.3 is 5.32 Å². The number of fused-ring (bicyclic) bond motifs is 1. The molecule has 1 aromatic carbocycles. The molecule has 0 saturated carbocycles. The van der Waals surface area contributed by atoms with Gasteiger partial charge in [-0.3, -0.25) is 0 Å². The molecule has 1 N–H and O–H groups in total. The van der Waals surface area contributed by atoms with Crippen molar-refractivity contribution in [2.24, 2.45) is 0 Å². The lowest BCUT2D eigenvalue weighted by atomic mass is 9.89. The highest BCUT2D eigenvalue weighted by molar-refractivity contribution is 6.17. The fraction of sp³-hybridized carbons (Fsp3) is 0.571. The van der Waals surface area contributed by atoms with E-state index in [1.165, 1.54) is 31.2 Å². The van der Waals surface area contributed by atoms with E-state index in [2.05, 4.69) is 23.5 Å². The molecule has 0 saturated heterocycles. The Kier molecular flexibility index (Phi) is 4.25. The summed E-state index contributed by atoms with van der Waals surface area (Å²) in [4.78, 5) is 0. The molecule has 1 aliphatic carbocycles. The summed E-state index contributed by atoms with van der Waals surface area (Å²) in [5.74, 6) is 0.711. The van der Waals surface area contributed by atoms with Crippen molar-refractivity contribution in [1.82, 2.24) is 5.32 Å². The van der Waals surface area contributed by atoms with Crippen LogP contribution in [0, 0.1) is 0 Å². The van der Waals surface area contributed by atoms with Crippen molar-refractivity contribution in [3.63, 3.8) is 0 Å². The smallest absolute Gasteiger partial charge is 0.0329 e. The van der Waals surface area contributed by atoms with Crippen molar-refractivity contribution in [1.29, 1.82) is 0 Å². The summed E-state index contributed by atoms with van der Waals surface area (Å²) in [6.45, 7) is 0. The molecular formula is C14H20ClN. The van der Waals surface area contributed by atoms with Gasteiger partial charge in [0, 0.05) is 11.9 Å². The zero-order valence-electron chi connectivity index (χ0n) is 9.93. The molecule has 0 spiro atoms. The van der Waals surface area contributed by atoms with Crippen LogP contribution in [0.3, 0.4) is 0 Å². The van der Waals surface area contributed by atoms with E-state index in [-0.39, 0.29) is 0 Å². The normalized spacial score (nSPS) is 16.9. The van der Waals surface area contributed by atoms with Gasteiger partial charge in [0.05, 0.1) is 0 Å². The molecule has 0 bridgehead atoms. The molecule has 1 unspecified atom stereocenters. The van der Waals surface area contributed by atoms with Gasteiger partial charge >= 0.3 is 0 Å². The molecule has 2 rings (SSSR count). The van der Waals surface area contributed by atoms with Crippen molar-refractivity contribution in [2.75, 3.05) is 12.9 Å². The Labute approximate surface area is 103 Å². The molecule has 1 nitrogen and oxygen atoms in total. The van der Waals surface area contributed by atoms with E-state index in [1.807, 2.05) is 7.05 Å². The van der Waals surface area contributed by atoms with Crippen molar-refractivity contribution in [3.8, 4) is 0 Å². The molecule has 0 aromatic heterocycles. The van der Waals surface area contributed by atoms with Crippen LogP contribution in [-0.2, 0) is 12.8 Å². The number of hydrogen-bond donors (Lipinski definition) is 1. The van der Waals surface area contributed by atoms with Crippen molar-refractivity contribution >= 4 is 11.6 Å². The topological polar surface area (TPSA) is 12.0 Å². The van der Waals surface area contributed by atoms with Crippen LogP contribution in [0.4, 0.5) is 0 Å². The molecule has 0 amide bonds. The minimum atomic E-state index is 0.407. The molecule has 2 heteroatoms. The first-order chi connectivity index (χ1) is 7.85. The molecule has 1 atom stereocenters. The summed E-state index contributed by atoms with van der Waals surface area (Å²) in [6.07, 6.45) is 6.20. The maximum absolute atomic E-state index is 5.83. The highest BCUT2D eigenvalue weighted by Gasteiger charge is 2.13. The van der Waals surface area contributed by atoms with Gasteiger partial charge in [0.2, 0.25) is 0 Å². The minimum Gasteiger partial charge on any atom is -0.313 e. The molecule has 88 valence electrons. The standard InChI is InChI=1S/C14H20ClN/c1-16-14(8-9-15)13-7-6-11-4-2-3-5-12(11)10-13/h6-7,10,14,16H,2-5,8-9H2,1H3. The van der Waals surface area contributed by atoms with Crippen LogP contribution in [0.15, 0.2) is 18.2 Å². The summed E-state index contributed by atoms with van der Waals surface area (Å²) in [6, 6.07) is 7.35. The predicted molar refractivity (Wildman–Crippen MR) is 70.2 cm³/mol. The lowest BCUT2D eigenvalue weighted by molar-refractivity contribution is 0.577. The predicted octanol–water partition coefficient (Wildman–Crippen LogP) is 3.45. The Morgan fingerprint density at radius 3 is 2.69 bits per heavy atom. The Balaban J connectivity index is 2.21. The van der Waals surface area contributed by atoms with E-state index in [0.29, 0.717) is 11.9 Å². The minimum absolute atomic E-state index is 0.407. The summed E-state index contributed by atoms with van der Waals surface area (Å²) in [5, 5.41) is 3.34.